The summed E-state index contributed by atoms with van der Waals surface area (Å²) in [6.45, 7) is 15.9. The molecule has 2 unspecified atom stereocenters. The number of fused-ring (bicyclic) bond motifs is 6. The van der Waals surface area contributed by atoms with Crippen LogP contribution >= 0.6 is 11.6 Å². The van der Waals surface area contributed by atoms with Crippen molar-refractivity contribution in [1.82, 2.24) is 24.4 Å². The Morgan fingerprint density at radius 2 is 1.80 bits per heavy atom. The van der Waals surface area contributed by atoms with Crippen LogP contribution in [-0.2, 0) is 4.79 Å². The minimum absolute atomic E-state index is 0.0230. The topological polar surface area (TPSA) is 127 Å². The van der Waals surface area contributed by atoms with E-state index in [0.29, 0.717) is 52.3 Å². The fraction of sp³-hybridized carbons (Fsp3) is 0.361. The van der Waals surface area contributed by atoms with Crippen LogP contribution in [0.1, 0.15) is 63.4 Å². The average molecular weight is 687 g/mol. The number of halogens is 2. The number of hydrogen-bond acceptors (Lipinski definition) is 8. The highest BCUT2D eigenvalue weighted by Crippen LogP contribution is 2.47. The molecule has 2 atom stereocenters. The molecule has 254 valence electrons. The Morgan fingerprint density at radius 1 is 1.10 bits per heavy atom. The van der Waals surface area contributed by atoms with Gasteiger partial charge >= 0.3 is 5.76 Å². The summed E-state index contributed by atoms with van der Waals surface area (Å²) in [7, 11) is 0. The molecule has 11 nitrogen and oxygen atoms in total. The van der Waals surface area contributed by atoms with E-state index in [1.807, 2.05) is 39.5 Å². The first kappa shape index (κ1) is 32.6. The summed E-state index contributed by atoms with van der Waals surface area (Å²) in [6.07, 6.45) is 2.74. The molecule has 2 aromatic carbocycles. The molecule has 0 aliphatic carbocycles. The number of anilines is 1. The molecule has 1 amide bonds. The normalized spacial score (nSPS) is 17.5. The van der Waals surface area contributed by atoms with Crippen LogP contribution in [0.15, 0.2) is 51.2 Å². The number of benzene rings is 2. The van der Waals surface area contributed by atoms with Gasteiger partial charge in [-0.15, -0.1) is 0 Å². The van der Waals surface area contributed by atoms with E-state index in [1.54, 1.807) is 30.0 Å². The van der Waals surface area contributed by atoms with Gasteiger partial charge in [-0.05, 0) is 49.5 Å². The van der Waals surface area contributed by atoms with Crippen molar-refractivity contribution in [3.63, 3.8) is 0 Å². The lowest BCUT2D eigenvalue weighted by Gasteiger charge is -2.48. The van der Waals surface area contributed by atoms with Gasteiger partial charge in [-0.25, -0.2) is 19.2 Å². The van der Waals surface area contributed by atoms with Crippen LogP contribution in [0.3, 0.4) is 0 Å². The molecule has 1 N–H and O–H groups in total. The number of rotatable bonds is 5. The first-order valence-corrected chi connectivity index (χ1v) is 16.6. The second-order valence-corrected chi connectivity index (χ2v) is 13.8. The highest BCUT2D eigenvalue weighted by Gasteiger charge is 2.41. The Morgan fingerprint density at radius 3 is 2.45 bits per heavy atom. The van der Waals surface area contributed by atoms with Crippen LogP contribution in [0.4, 0.5) is 10.1 Å². The Balaban J connectivity index is 1.64. The van der Waals surface area contributed by atoms with Crippen LogP contribution < -0.4 is 21.0 Å². The summed E-state index contributed by atoms with van der Waals surface area (Å²) in [5.41, 5.74) is 2.67. The maximum Gasteiger partial charge on any atom is 0.417 e. The van der Waals surface area contributed by atoms with E-state index < -0.39 is 17.1 Å². The van der Waals surface area contributed by atoms with Gasteiger partial charge in [0, 0.05) is 35.6 Å². The number of piperazine rings is 1. The van der Waals surface area contributed by atoms with Crippen LogP contribution in [-0.4, -0.2) is 62.1 Å². The van der Waals surface area contributed by atoms with Gasteiger partial charge in [-0.2, -0.15) is 0 Å². The van der Waals surface area contributed by atoms with Crippen molar-refractivity contribution in [3.05, 3.63) is 85.9 Å². The van der Waals surface area contributed by atoms with Crippen molar-refractivity contribution in [3.8, 4) is 22.6 Å². The molecular formula is C36H36ClFN6O5. The molecule has 0 spiro atoms. The number of nitrogens with zero attached hydrogens (tertiary/aromatic N) is 5. The molecule has 2 aliphatic heterocycles. The molecule has 0 saturated carbocycles. The van der Waals surface area contributed by atoms with Gasteiger partial charge < -0.3 is 19.0 Å². The number of carbonyl (C=O) groups excluding carboxylic acids is 1. The van der Waals surface area contributed by atoms with Crippen LogP contribution in [0.2, 0.25) is 5.02 Å². The molecule has 3 aromatic heterocycles. The molecule has 2 aliphatic rings. The standard InChI is InChI=1S/C36H36ClFN6O5/c1-8-24(45)42-13-20-14-48-34-31(43(20)12-19(42)7)21-11-22(37)26(25-18(6)9-10-23-33(25)49-36(47)41-23)27(38)30(21)44(35(34)46)32-28(16(2)3)39-15-40-29(32)17(4)5/h8-11,15-17,19-20H,1,12-14H2,2-7H3,(H,41,47). The Labute approximate surface area is 286 Å². The van der Waals surface area contributed by atoms with Crippen LogP contribution in [0.5, 0.6) is 5.75 Å². The van der Waals surface area contributed by atoms with E-state index in [0.717, 1.165) is 0 Å². The Bertz CT molecular complexity index is 2300. The second kappa shape index (κ2) is 11.9. The monoisotopic (exact) mass is 686 g/mol. The molecule has 13 heteroatoms. The predicted molar refractivity (Wildman–Crippen MR) is 187 cm³/mol. The smallest absolute Gasteiger partial charge is 0.417 e. The lowest BCUT2D eigenvalue weighted by Crippen LogP contribution is -2.62. The minimum Gasteiger partial charge on any atom is -0.484 e. The van der Waals surface area contributed by atoms with E-state index >= 15 is 4.39 Å². The van der Waals surface area contributed by atoms with Crippen molar-refractivity contribution in [2.45, 2.75) is 65.5 Å². The van der Waals surface area contributed by atoms with Crippen LogP contribution in [0.25, 0.3) is 38.8 Å². The fourth-order valence-corrected chi connectivity index (χ4v) is 7.54. The molecular weight excluding hydrogens is 651 g/mol. The van der Waals surface area contributed by atoms with Gasteiger partial charge in [0.15, 0.2) is 11.4 Å². The maximum absolute atomic E-state index is 17.9. The van der Waals surface area contributed by atoms with Gasteiger partial charge in [0.25, 0.3) is 5.56 Å². The molecule has 7 rings (SSSR count). The van der Waals surface area contributed by atoms with E-state index in [9.17, 15) is 14.4 Å². The van der Waals surface area contributed by atoms with Crippen molar-refractivity contribution >= 4 is 45.2 Å². The number of H-pyrrole nitrogens is 1. The fourth-order valence-electron chi connectivity index (χ4n) is 7.26. The summed E-state index contributed by atoms with van der Waals surface area (Å²) < 4.78 is 31.0. The SMILES string of the molecule is C=CC(=O)N1CC2COc3c(c4cc(Cl)c(-c5c(C)ccc6[nH]c(=O)oc56)c(F)c4n(-c4c(C(C)C)ncnc4C(C)C)c3=O)N2CC1C. The summed E-state index contributed by atoms with van der Waals surface area (Å²) in [5, 5.41) is 0.389. The second-order valence-electron chi connectivity index (χ2n) is 13.4. The number of amides is 1. The average Bonchev–Trinajstić information content (AvgIpc) is 3.45. The zero-order valence-electron chi connectivity index (χ0n) is 28.1. The summed E-state index contributed by atoms with van der Waals surface area (Å²) >= 11 is 7.05. The number of aromatic nitrogens is 4. The van der Waals surface area contributed by atoms with E-state index in [-0.39, 0.29) is 69.4 Å². The molecule has 0 bridgehead atoms. The summed E-state index contributed by atoms with van der Waals surface area (Å²) in [5.74, 6) is -1.95. The van der Waals surface area contributed by atoms with E-state index in [1.165, 1.54) is 17.0 Å². The molecule has 49 heavy (non-hydrogen) atoms. The van der Waals surface area contributed by atoms with E-state index in [4.69, 9.17) is 20.8 Å². The van der Waals surface area contributed by atoms with Gasteiger partial charge in [-0.3, -0.25) is 19.1 Å². The maximum atomic E-state index is 17.9. The quantitative estimate of drug-likeness (QED) is 0.216. The molecule has 1 saturated heterocycles. The van der Waals surface area contributed by atoms with Gasteiger partial charge in [0.2, 0.25) is 11.7 Å². The zero-order chi connectivity index (χ0) is 35.0. The Hall–Kier alpha value is -4.97. The number of ether oxygens (including phenoxy) is 1. The number of hydrogen-bond donors (Lipinski definition) is 1. The van der Waals surface area contributed by atoms with Crippen molar-refractivity contribution < 1.29 is 18.3 Å². The van der Waals surface area contributed by atoms with Crippen LogP contribution in [0, 0.1) is 12.7 Å². The number of nitrogens with one attached hydrogen (secondary N) is 1. The molecule has 0 radical (unpaired) electrons. The number of aryl methyl sites for hydroxylation is 1. The highest BCUT2D eigenvalue weighted by molar-refractivity contribution is 6.35. The lowest BCUT2D eigenvalue weighted by atomic mass is 9.95. The number of carbonyl (C=O) groups is 1. The van der Waals surface area contributed by atoms with E-state index in [2.05, 4.69) is 21.5 Å². The number of aromatic amines is 1. The first-order chi connectivity index (χ1) is 23.3. The van der Waals surface area contributed by atoms with Gasteiger partial charge in [0.1, 0.15) is 12.9 Å². The van der Waals surface area contributed by atoms with Crippen molar-refractivity contribution in [1.29, 1.82) is 0 Å². The summed E-state index contributed by atoms with van der Waals surface area (Å²) in [4.78, 5) is 55.5. The first-order valence-electron chi connectivity index (χ1n) is 16.2. The highest BCUT2D eigenvalue weighted by atomic mass is 35.5. The number of oxazole rings is 1. The Kier molecular flexibility index (Phi) is 7.89. The van der Waals surface area contributed by atoms with Crippen molar-refractivity contribution in [2.75, 3.05) is 24.6 Å². The molecule has 1 fully saturated rings. The largest absolute Gasteiger partial charge is 0.484 e. The molecule has 5 aromatic rings. The minimum atomic E-state index is -0.786. The third kappa shape index (κ3) is 4.95. The predicted octanol–water partition coefficient (Wildman–Crippen LogP) is 6.21. The zero-order valence-corrected chi connectivity index (χ0v) is 28.8. The third-order valence-corrected chi connectivity index (χ3v) is 9.83. The van der Waals surface area contributed by atoms with Crippen molar-refractivity contribution in [2.24, 2.45) is 0 Å². The van der Waals surface area contributed by atoms with Gasteiger partial charge in [-0.1, -0.05) is 51.9 Å². The summed E-state index contributed by atoms with van der Waals surface area (Å²) in [6, 6.07) is 4.49. The lowest BCUT2D eigenvalue weighted by molar-refractivity contribution is -0.129. The third-order valence-electron chi connectivity index (χ3n) is 9.53. The molecule has 5 heterocycles. The number of pyridine rings is 1. The van der Waals surface area contributed by atoms with Gasteiger partial charge in [0.05, 0.1) is 44.9 Å².